The molecule has 2 atom stereocenters. The predicted molar refractivity (Wildman–Crippen MR) is 59.8 cm³/mol. The lowest BCUT2D eigenvalue weighted by atomic mass is 10.0. The second kappa shape index (κ2) is 4.23. The van der Waals surface area contributed by atoms with Crippen LogP contribution >= 0.6 is 0 Å². The van der Waals surface area contributed by atoms with Gasteiger partial charge in [0.15, 0.2) is 0 Å². The van der Waals surface area contributed by atoms with Crippen molar-refractivity contribution >= 4 is 6.01 Å². The molecule has 1 aliphatic rings. The molecule has 1 fully saturated rings. The summed E-state index contributed by atoms with van der Waals surface area (Å²) in [6.45, 7) is 7.44. The smallest absolute Gasteiger partial charge is 0.297 e. The zero-order chi connectivity index (χ0) is 10.8. The van der Waals surface area contributed by atoms with E-state index in [2.05, 4.69) is 29.0 Å². The van der Waals surface area contributed by atoms with E-state index in [0.29, 0.717) is 0 Å². The number of hydrogen-bond donors (Lipinski definition) is 1. The van der Waals surface area contributed by atoms with Gasteiger partial charge in [0, 0.05) is 19.6 Å². The van der Waals surface area contributed by atoms with Crippen LogP contribution in [0.5, 0.6) is 0 Å². The van der Waals surface area contributed by atoms with E-state index in [4.69, 9.17) is 4.42 Å². The van der Waals surface area contributed by atoms with Gasteiger partial charge in [-0.15, -0.1) is 0 Å². The molecule has 1 aromatic heterocycles. The molecule has 1 aromatic rings. The van der Waals surface area contributed by atoms with Gasteiger partial charge in [-0.1, -0.05) is 13.8 Å². The van der Waals surface area contributed by atoms with Crippen LogP contribution in [0.25, 0.3) is 0 Å². The van der Waals surface area contributed by atoms with Crippen LogP contribution in [-0.4, -0.2) is 25.1 Å². The summed E-state index contributed by atoms with van der Waals surface area (Å²) in [7, 11) is 1.91. The fourth-order valence-electron chi connectivity index (χ4n) is 1.99. The van der Waals surface area contributed by atoms with Gasteiger partial charge < -0.3 is 14.6 Å². The summed E-state index contributed by atoms with van der Waals surface area (Å²) in [6.07, 6.45) is 1.74. The Hall–Kier alpha value is -1.03. The largest absolute Gasteiger partial charge is 0.432 e. The van der Waals surface area contributed by atoms with E-state index in [0.717, 1.165) is 43.2 Å². The van der Waals surface area contributed by atoms with Crippen molar-refractivity contribution in [1.82, 2.24) is 10.3 Å². The van der Waals surface area contributed by atoms with Crippen LogP contribution < -0.4 is 10.2 Å². The first kappa shape index (κ1) is 10.5. The summed E-state index contributed by atoms with van der Waals surface area (Å²) < 4.78 is 5.47. The first-order chi connectivity index (χ1) is 7.20. The third kappa shape index (κ3) is 2.15. The standard InChI is InChI=1S/C11H19N3O/c1-8-5-14(6-9(8)2)11-13-10(4-12-3)7-15-11/h7-9,12H,4-6H2,1-3H3. The van der Waals surface area contributed by atoms with Crippen LogP contribution in [0.4, 0.5) is 6.01 Å². The Balaban J connectivity index is 2.04. The van der Waals surface area contributed by atoms with Gasteiger partial charge in [-0.25, -0.2) is 0 Å². The highest BCUT2D eigenvalue weighted by Gasteiger charge is 2.28. The maximum absolute atomic E-state index is 5.47. The Morgan fingerprint density at radius 1 is 1.47 bits per heavy atom. The van der Waals surface area contributed by atoms with Gasteiger partial charge >= 0.3 is 0 Å². The van der Waals surface area contributed by atoms with Gasteiger partial charge in [0.25, 0.3) is 6.01 Å². The molecular weight excluding hydrogens is 190 g/mol. The molecule has 0 bridgehead atoms. The summed E-state index contributed by atoms with van der Waals surface area (Å²) >= 11 is 0. The Bertz CT molecular complexity index is 313. The van der Waals surface area contributed by atoms with Gasteiger partial charge in [0.2, 0.25) is 0 Å². The fourth-order valence-corrected chi connectivity index (χ4v) is 1.99. The van der Waals surface area contributed by atoms with Crippen molar-refractivity contribution in [3.63, 3.8) is 0 Å². The zero-order valence-electron chi connectivity index (χ0n) is 9.66. The normalized spacial score (nSPS) is 26.2. The van der Waals surface area contributed by atoms with E-state index in [9.17, 15) is 0 Å². The summed E-state index contributed by atoms with van der Waals surface area (Å²) in [5, 5.41) is 3.06. The molecule has 0 aromatic carbocycles. The Morgan fingerprint density at radius 2 is 2.13 bits per heavy atom. The van der Waals surface area contributed by atoms with Crippen molar-refractivity contribution in [2.24, 2.45) is 11.8 Å². The van der Waals surface area contributed by atoms with Crippen molar-refractivity contribution in [3.8, 4) is 0 Å². The highest BCUT2D eigenvalue weighted by molar-refractivity contribution is 5.29. The average Bonchev–Trinajstić information content (AvgIpc) is 2.76. The van der Waals surface area contributed by atoms with Crippen LogP contribution in [0, 0.1) is 11.8 Å². The van der Waals surface area contributed by atoms with E-state index in [1.165, 1.54) is 0 Å². The minimum absolute atomic E-state index is 0.727. The first-order valence-electron chi connectivity index (χ1n) is 5.54. The van der Waals surface area contributed by atoms with Crippen LogP contribution in [-0.2, 0) is 6.54 Å². The van der Waals surface area contributed by atoms with Gasteiger partial charge in [-0.2, -0.15) is 4.98 Å². The molecule has 1 saturated heterocycles. The minimum atomic E-state index is 0.727. The average molecular weight is 209 g/mol. The van der Waals surface area contributed by atoms with Gasteiger partial charge in [0.1, 0.15) is 6.26 Å². The maximum atomic E-state index is 5.47. The molecule has 0 saturated carbocycles. The Kier molecular flexibility index (Phi) is 2.95. The molecule has 0 aliphatic carbocycles. The molecular formula is C11H19N3O. The molecule has 1 N–H and O–H groups in total. The van der Waals surface area contributed by atoms with Crippen molar-refractivity contribution < 1.29 is 4.42 Å². The van der Waals surface area contributed by atoms with Crippen molar-refractivity contribution in [3.05, 3.63) is 12.0 Å². The highest BCUT2D eigenvalue weighted by atomic mass is 16.4. The lowest BCUT2D eigenvalue weighted by Crippen LogP contribution is -2.20. The van der Waals surface area contributed by atoms with Crippen molar-refractivity contribution in [2.45, 2.75) is 20.4 Å². The number of hydrogen-bond acceptors (Lipinski definition) is 4. The second-order valence-corrected chi connectivity index (χ2v) is 4.51. The molecule has 4 heteroatoms. The number of aromatic nitrogens is 1. The summed E-state index contributed by atoms with van der Waals surface area (Å²) in [6, 6.07) is 0.774. The van der Waals surface area contributed by atoms with Gasteiger partial charge in [0.05, 0.1) is 5.69 Å². The fraction of sp³-hybridized carbons (Fsp3) is 0.727. The van der Waals surface area contributed by atoms with Gasteiger partial charge in [-0.05, 0) is 18.9 Å². The third-order valence-corrected chi connectivity index (χ3v) is 3.16. The van der Waals surface area contributed by atoms with Crippen LogP contribution in [0.1, 0.15) is 19.5 Å². The highest BCUT2D eigenvalue weighted by Crippen LogP contribution is 2.26. The first-order valence-corrected chi connectivity index (χ1v) is 5.54. The summed E-state index contributed by atoms with van der Waals surface area (Å²) in [5.74, 6) is 1.45. The van der Waals surface area contributed by atoms with E-state index in [1.807, 2.05) is 7.05 Å². The van der Waals surface area contributed by atoms with Crippen LogP contribution in [0.2, 0.25) is 0 Å². The number of anilines is 1. The van der Waals surface area contributed by atoms with E-state index in [-0.39, 0.29) is 0 Å². The molecule has 0 amide bonds. The molecule has 84 valence electrons. The maximum Gasteiger partial charge on any atom is 0.297 e. The summed E-state index contributed by atoms with van der Waals surface area (Å²) in [4.78, 5) is 6.68. The molecule has 4 nitrogen and oxygen atoms in total. The number of rotatable bonds is 3. The molecule has 2 rings (SSSR count). The lowest BCUT2D eigenvalue weighted by Gasteiger charge is -2.11. The topological polar surface area (TPSA) is 41.3 Å². The predicted octanol–water partition coefficient (Wildman–Crippen LogP) is 1.49. The van der Waals surface area contributed by atoms with E-state index in [1.54, 1.807) is 6.26 Å². The van der Waals surface area contributed by atoms with Crippen molar-refractivity contribution in [2.75, 3.05) is 25.0 Å². The molecule has 2 unspecified atom stereocenters. The Morgan fingerprint density at radius 3 is 2.73 bits per heavy atom. The van der Waals surface area contributed by atoms with Crippen LogP contribution in [0.3, 0.4) is 0 Å². The second-order valence-electron chi connectivity index (χ2n) is 4.51. The summed E-state index contributed by atoms with van der Waals surface area (Å²) in [5.41, 5.74) is 0.972. The van der Waals surface area contributed by atoms with Gasteiger partial charge in [-0.3, -0.25) is 0 Å². The minimum Gasteiger partial charge on any atom is -0.432 e. The zero-order valence-corrected chi connectivity index (χ0v) is 9.66. The van der Waals surface area contributed by atoms with E-state index >= 15 is 0 Å². The molecule has 1 aliphatic heterocycles. The van der Waals surface area contributed by atoms with Crippen molar-refractivity contribution in [1.29, 1.82) is 0 Å². The lowest BCUT2D eigenvalue weighted by molar-refractivity contribution is 0.494. The van der Waals surface area contributed by atoms with E-state index < -0.39 is 0 Å². The number of nitrogens with zero attached hydrogens (tertiary/aromatic N) is 2. The quantitative estimate of drug-likeness (QED) is 0.819. The number of nitrogens with one attached hydrogen (secondary N) is 1. The molecule has 15 heavy (non-hydrogen) atoms. The molecule has 0 radical (unpaired) electrons. The molecule has 2 heterocycles. The number of oxazole rings is 1. The SMILES string of the molecule is CNCc1coc(N2CC(C)C(C)C2)n1. The molecule has 0 spiro atoms. The monoisotopic (exact) mass is 209 g/mol. The van der Waals surface area contributed by atoms with Crippen LogP contribution in [0.15, 0.2) is 10.7 Å². The Labute approximate surface area is 90.7 Å². The third-order valence-electron chi connectivity index (χ3n) is 3.16.